The molecule has 78 valence electrons. The van der Waals surface area contributed by atoms with Crippen LogP contribution in [0.4, 0.5) is 5.69 Å². The molecule has 1 rings (SSSR count). The molecule has 1 heterocycles. The lowest BCUT2D eigenvalue weighted by Crippen LogP contribution is -2.21. The van der Waals surface area contributed by atoms with Crippen LogP contribution >= 0.6 is 11.6 Å². The number of aromatic nitrogens is 1. The van der Waals surface area contributed by atoms with Crippen molar-refractivity contribution >= 4 is 17.3 Å². The fourth-order valence-electron chi connectivity index (χ4n) is 1.24. The molecule has 1 aromatic rings. The van der Waals surface area contributed by atoms with E-state index in [0.717, 1.165) is 11.3 Å². The zero-order valence-corrected chi connectivity index (χ0v) is 9.43. The normalized spacial score (nSPS) is 12.6. The fraction of sp³-hybridized carbons (Fsp3) is 0.500. The Morgan fingerprint density at radius 2 is 2.36 bits per heavy atom. The van der Waals surface area contributed by atoms with Crippen LogP contribution in [0.5, 0.6) is 0 Å². The quantitative estimate of drug-likeness (QED) is 0.782. The molecule has 0 aliphatic heterocycles. The first kappa shape index (κ1) is 11.3. The maximum Gasteiger partial charge on any atom is 0.152 e. The topological polar surface area (TPSA) is 34.1 Å². The third kappa shape index (κ3) is 2.86. The van der Waals surface area contributed by atoms with Gasteiger partial charge in [0, 0.05) is 19.3 Å². The molecule has 0 spiro atoms. The maximum absolute atomic E-state index is 5.96. The highest BCUT2D eigenvalue weighted by Crippen LogP contribution is 2.23. The molecule has 0 aromatic carbocycles. The molecule has 0 radical (unpaired) electrons. The zero-order valence-electron chi connectivity index (χ0n) is 8.67. The van der Waals surface area contributed by atoms with E-state index in [1.54, 1.807) is 13.3 Å². The third-order valence-electron chi connectivity index (χ3n) is 1.92. The van der Waals surface area contributed by atoms with Crippen LogP contribution < -0.4 is 5.32 Å². The van der Waals surface area contributed by atoms with Gasteiger partial charge in [0.25, 0.3) is 0 Å². The van der Waals surface area contributed by atoms with Gasteiger partial charge in [0.1, 0.15) is 0 Å². The van der Waals surface area contributed by atoms with E-state index in [1.807, 2.05) is 19.9 Å². The second kappa shape index (κ2) is 5.17. The van der Waals surface area contributed by atoms with Crippen LogP contribution in [-0.4, -0.2) is 24.7 Å². The van der Waals surface area contributed by atoms with Gasteiger partial charge in [-0.1, -0.05) is 11.6 Å². The Morgan fingerprint density at radius 3 is 2.93 bits per heavy atom. The van der Waals surface area contributed by atoms with Crippen LogP contribution in [0.3, 0.4) is 0 Å². The number of nitrogens with one attached hydrogen (secondary N) is 1. The van der Waals surface area contributed by atoms with Crippen LogP contribution in [0.2, 0.25) is 5.15 Å². The van der Waals surface area contributed by atoms with Gasteiger partial charge in [-0.2, -0.15) is 0 Å². The van der Waals surface area contributed by atoms with Gasteiger partial charge in [-0.3, -0.25) is 0 Å². The van der Waals surface area contributed by atoms with Crippen molar-refractivity contribution in [3.8, 4) is 0 Å². The van der Waals surface area contributed by atoms with Crippen LogP contribution in [0.25, 0.3) is 0 Å². The van der Waals surface area contributed by atoms with Crippen molar-refractivity contribution in [2.24, 2.45) is 0 Å². The standard InChI is InChI=1S/C10H15ClN2O/c1-7-4-5-12-10(11)9(7)13-8(2)6-14-3/h4-5,8,13H,6H2,1-3H3. The van der Waals surface area contributed by atoms with Crippen LogP contribution in [0, 0.1) is 6.92 Å². The van der Waals surface area contributed by atoms with E-state index in [1.165, 1.54) is 0 Å². The van der Waals surface area contributed by atoms with Crippen molar-refractivity contribution in [3.63, 3.8) is 0 Å². The summed E-state index contributed by atoms with van der Waals surface area (Å²) in [4.78, 5) is 4.02. The highest BCUT2D eigenvalue weighted by molar-refractivity contribution is 6.32. The van der Waals surface area contributed by atoms with E-state index in [-0.39, 0.29) is 6.04 Å². The lowest BCUT2D eigenvalue weighted by Gasteiger charge is -2.16. The van der Waals surface area contributed by atoms with Gasteiger partial charge >= 0.3 is 0 Å². The first-order valence-electron chi connectivity index (χ1n) is 4.51. The van der Waals surface area contributed by atoms with Crippen molar-refractivity contribution < 1.29 is 4.74 Å². The lowest BCUT2D eigenvalue weighted by atomic mass is 10.2. The fourth-order valence-corrected chi connectivity index (χ4v) is 1.50. The molecule has 0 aliphatic carbocycles. The van der Waals surface area contributed by atoms with Crippen LogP contribution in [-0.2, 0) is 4.74 Å². The summed E-state index contributed by atoms with van der Waals surface area (Å²) >= 11 is 5.96. The summed E-state index contributed by atoms with van der Waals surface area (Å²) < 4.78 is 5.03. The number of hydrogen-bond acceptors (Lipinski definition) is 3. The number of nitrogens with zero attached hydrogens (tertiary/aromatic N) is 1. The highest BCUT2D eigenvalue weighted by atomic mass is 35.5. The number of aryl methyl sites for hydroxylation is 1. The SMILES string of the molecule is COCC(C)Nc1c(C)ccnc1Cl. The summed E-state index contributed by atoms with van der Waals surface area (Å²) in [6, 6.07) is 2.15. The number of anilines is 1. The molecule has 0 bridgehead atoms. The molecular weight excluding hydrogens is 200 g/mol. The summed E-state index contributed by atoms with van der Waals surface area (Å²) in [5, 5.41) is 3.77. The monoisotopic (exact) mass is 214 g/mol. The Balaban J connectivity index is 2.75. The molecule has 1 aromatic heterocycles. The smallest absolute Gasteiger partial charge is 0.152 e. The molecule has 14 heavy (non-hydrogen) atoms. The molecule has 4 heteroatoms. The Bertz CT molecular complexity index is 284. The number of hydrogen-bond donors (Lipinski definition) is 1. The molecule has 0 saturated heterocycles. The summed E-state index contributed by atoms with van der Waals surface area (Å²) in [5.41, 5.74) is 1.98. The summed E-state index contributed by atoms with van der Waals surface area (Å²) in [7, 11) is 1.68. The number of pyridine rings is 1. The van der Waals surface area contributed by atoms with Gasteiger partial charge in [-0.15, -0.1) is 0 Å². The molecule has 1 unspecified atom stereocenters. The second-order valence-electron chi connectivity index (χ2n) is 3.29. The van der Waals surface area contributed by atoms with Gasteiger partial charge in [-0.05, 0) is 25.5 Å². The number of halogens is 1. The van der Waals surface area contributed by atoms with E-state index < -0.39 is 0 Å². The summed E-state index contributed by atoms with van der Waals surface area (Å²) in [5.74, 6) is 0. The van der Waals surface area contributed by atoms with Crippen molar-refractivity contribution in [2.75, 3.05) is 19.0 Å². The van der Waals surface area contributed by atoms with E-state index in [0.29, 0.717) is 11.8 Å². The third-order valence-corrected chi connectivity index (χ3v) is 2.21. The van der Waals surface area contributed by atoms with Gasteiger partial charge < -0.3 is 10.1 Å². The molecule has 0 aliphatic rings. The van der Waals surface area contributed by atoms with Crippen molar-refractivity contribution in [1.29, 1.82) is 0 Å². The minimum atomic E-state index is 0.223. The van der Waals surface area contributed by atoms with Gasteiger partial charge in [0.15, 0.2) is 5.15 Å². The zero-order chi connectivity index (χ0) is 10.6. The Hall–Kier alpha value is -0.800. The second-order valence-corrected chi connectivity index (χ2v) is 3.65. The van der Waals surface area contributed by atoms with E-state index in [4.69, 9.17) is 16.3 Å². The van der Waals surface area contributed by atoms with Gasteiger partial charge in [0.2, 0.25) is 0 Å². The van der Waals surface area contributed by atoms with Gasteiger partial charge in [-0.25, -0.2) is 4.98 Å². The average Bonchev–Trinajstić information content (AvgIpc) is 2.12. The van der Waals surface area contributed by atoms with E-state index in [2.05, 4.69) is 10.3 Å². The van der Waals surface area contributed by atoms with Crippen molar-refractivity contribution in [3.05, 3.63) is 23.0 Å². The Kier molecular flexibility index (Phi) is 4.17. The maximum atomic E-state index is 5.96. The predicted molar refractivity (Wildman–Crippen MR) is 58.9 cm³/mol. The lowest BCUT2D eigenvalue weighted by molar-refractivity contribution is 0.190. The van der Waals surface area contributed by atoms with Crippen molar-refractivity contribution in [2.45, 2.75) is 19.9 Å². The Labute approximate surface area is 89.4 Å². The molecule has 3 nitrogen and oxygen atoms in total. The molecule has 0 fully saturated rings. The largest absolute Gasteiger partial charge is 0.383 e. The number of ether oxygens (including phenoxy) is 1. The van der Waals surface area contributed by atoms with Crippen LogP contribution in [0.1, 0.15) is 12.5 Å². The van der Waals surface area contributed by atoms with Crippen molar-refractivity contribution in [1.82, 2.24) is 4.98 Å². The molecule has 0 amide bonds. The van der Waals surface area contributed by atoms with E-state index >= 15 is 0 Å². The first-order chi connectivity index (χ1) is 6.65. The predicted octanol–water partition coefficient (Wildman–Crippen LogP) is 2.49. The summed E-state index contributed by atoms with van der Waals surface area (Å²) in [6.45, 7) is 4.67. The summed E-state index contributed by atoms with van der Waals surface area (Å²) in [6.07, 6.45) is 1.70. The highest BCUT2D eigenvalue weighted by Gasteiger charge is 2.07. The molecule has 1 N–H and O–H groups in total. The number of rotatable bonds is 4. The average molecular weight is 215 g/mol. The molecule has 1 atom stereocenters. The van der Waals surface area contributed by atoms with E-state index in [9.17, 15) is 0 Å². The van der Waals surface area contributed by atoms with Crippen LogP contribution in [0.15, 0.2) is 12.3 Å². The Morgan fingerprint density at radius 1 is 1.64 bits per heavy atom. The minimum absolute atomic E-state index is 0.223. The molecular formula is C10H15ClN2O. The molecule has 0 saturated carbocycles. The van der Waals surface area contributed by atoms with Gasteiger partial charge in [0.05, 0.1) is 12.3 Å². The first-order valence-corrected chi connectivity index (χ1v) is 4.89. The number of methoxy groups -OCH3 is 1. The minimum Gasteiger partial charge on any atom is -0.383 e.